The molecular formula is C12H15NO2. The summed E-state index contributed by atoms with van der Waals surface area (Å²) < 4.78 is 5.20. The Balaban J connectivity index is 1.94. The number of hydrogen-bond acceptors (Lipinski definition) is 3. The van der Waals surface area contributed by atoms with E-state index in [1.54, 1.807) is 0 Å². The predicted molar refractivity (Wildman–Crippen MR) is 57.6 cm³/mol. The molecule has 3 heteroatoms. The highest BCUT2D eigenvalue weighted by molar-refractivity contribution is 5.77. The monoisotopic (exact) mass is 205 g/mol. The molecule has 1 fully saturated rings. The molecule has 2 N–H and O–H groups in total. The van der Waals surface area contributed by atoms with E-state index in [0.717, 1.165) is 19.3 Å². The standard InChI is InChI=1S/C12H15NO2/c13-8-7-9-1-5-11(6-2-9)15-12(14)10-3-4-10/h1-2,5-6,10H,3-4,7-8,13H2. The van der Waals surface area contributed by atoms with Crippen molar-refractivity contribution in [3.8, 4) is 5.75 Å². The lowest BCUT2D eigenvalue weighted by Gasteiger charge is -2.04. The Morgan fingerprint density at radius 2 is 2.00 bits per heavy atom. The van der Waals surface area contributed by atoms with Gasteiger partial charge in [-0.3, -0.25) is 4.79 Å². The van der Waals surface area contributed by atoms with Gasteiger partial charge in [-0.15, -0.1) is 0 Å². The molecule has 1 aromatic rings. The number of hydrogen-bond donors (Lipinski definition) is 1. The summed E-state index contributed by atoms with van der Waals surface area (Å²) in [6, 6.07) is 7.54. The van der Waals surface area contributed by atoms with Crippen LogP contribution in [-0.4, -0.2) is 12.5 Å². The molecule has 0 bridgehead atoms. The van der Waals surface area contributed by atoms with Gasteiger partial charge in [0.15, 0.2) is 0 Å². The van der Waals surface area contributed by atoms with Crippen LogP contribution in [0.1, 0.15) is 18.4 Å². The van der Waals surface area contributed by atoms with E-state index in [1.165, 1.54) is 5.56 Å². The summed E-state index contributed by atoms with van der Waals surface area (Å²) in [6.07, 6.45) is 2.81. The number of nitrogens with two attached hydrogens (primary N) is 1. The number of benzene rings is 1. The predicted octanol–water partition coefficient (Wildman–Crippen LogP) is 1.50. The fraction of sp³-hybridized carbons (Fsp3) is 0.417. The third-order valence-corrected chi connectivity index (χ3v) is 2.49. The largest absolute Gasteiger partial charge is 0.426 e. The van der Waals surface area contributed by atoms with E-state index in [-0.39, 0.29) is 11.9 Å². The highest BCUT2D eigenvalue weighted by atomic mass is 16.5. The average Bonchev–Trinajstić information content (AvgIpc) is 3.04. The van der Waals surface area contributed by atoms with Gasteiger partial charge in [-0.05, 0) is 43.5 Å². The van der Waals surface area contributed by atoms with Crippen molar-refractivity contribution in [3.63, 3.8) is 0 Å². The van der Waals surface area contributed by atoms with Crippen LogP contribution in [0.5, 0.6) is 5.75 Å². The molecule has 1 aromatic carbocycles. The van der Waals surface area contributed by atoms with Gasteiger partial charge in [-0.2, -0.15) is 0 Å². The fourth-order valence-corrected chi connectivity index (χ4v) is 1.41. The third kappa shape index (κ3) is 2.80. The van der Waals surface area contributed by atoms with E-state index in [1.807, 2.05) is 24.3 Å². The Bertz CT molecular complexity index is 341. The summed E-state index contributed by atoms with van der Waals surface area (Å²) in [5.74, 6) is 0.683. The molecule has 1 aliphatic rings. The highest BCUT2D eigenvalue weighted by Crippen LogP contribution is 2.30. The Kier molecular flexibility index (Phi) is 3.02. The van der Waals surface area contributed by atoms with Crippen LogP contribution in [-0.2, 0) is 11.2 Å². The van der Waals surface area contributed by atoms with Gasteiger partial charge in [0.1, 0.15) is 5.75 Å². The molecule has 0 aliphatic heterocycles. The second-order valence-electron chi connectivity index (χ2n) is 3.88. The summed E-state index contributed by atoms with van der Waals surface area (Å²) >= 11 is 0. The molecule has 1 aliphatic carbocycles. The van der Waals surface area contributed by atoms with Crippen molar-refractivity contribution in [2.24, 2.45) is 11.7 Å². The first kappa shape index (κ1) is 10.2. The number of rotatable bonds is 4. The third-order valence-electron chi connectivity index (χ3n) is 2.49. The molecule has 1 saturated carbocycles. The molecule has 0 aromatic heterocycles. The van der Waals surface area contributed by atoms with Crippen LogP contribution in [0.4, 0.5) is 0 Å². The van der Waals surface area contributed by atoms with Gasteiger partial charge >= 0.3 is 5.97 Å². The van der Waals surface area contributed by atoms with Crippen LogP contribution >= 0.6 is 0 Å². The maximum absolute atomic E-state index is 11.3. The maximum atomic E-state index is 11.3. The normalized spacial score (nSPS) is 15.0. The second-order valence-corrected chi connectivity index (χ2v) is 3.88. The minimum absolute atomic E-state index is 0.0958. The van der Waals surface area contributed by atoms with Crippen LogP contribution in [0.15, 0.2) is 24.3 Å². The molecule has 0 unspecified atom stereocenters. The lowest BCUT2D eigenvalue weighted by Crippen LogP contribution is -2.09. The van der Waals surface area contributed by atoms with Crippen molar-refractivity contribution in [2.45, 2.75) is 19.3 Å². The molecule has 0 heterocycles. The van der Waals surface area contributed by atoms with E-state index in [4.69, 9.17) is 10.5 Å². The summed E-state index contributed by atoms with van der Waals surface area (Å²) in [4.78, 5) is 11.3. The van der Waals surface area contributed by atoms with Gasteiger partial charge in [0.25, 0.3) is 0 Å². The van der Waals surface area contributed by atoms with Crippen LogP contribution in [0.2, 0.25) is 0 Å². The van der Waals surface area contributed by atoms with Crippen molar-refractivity contribution in [1.82, 2.24) is 0 Å². The molecule has 0 radical (unpaired) electrons. The quantitative estimate of drug-likeness (QED) is 0.598. The van der Waals surface area contributed by atoms with Crippen molar-refractivity contribution in [2.75, 3.05) is 6.54 Å². The minimum atomic E-state index is -0.0958. The average molecular weight is 205 g/mol. The molecule has 0 saturated heterocycles. The Hall–Kier alpha value is -1.35. The molecule has 15 heavy (non-hydrogen) atoms. The zero-order chi connectivity index (χ0) is 10.7. The van der Waals surface area contributed by atoms with E-state index in [0.29, 0.717) is 12.3 Å². The van der Waals surface area contributed by atoms with E-state index < -0.39 is 0 Å². The van der Waals surface area contributed by atoms with Gasteiger partial charge in [0, 0.05) is 0 Å². The Labute approximate surface area is 89.2 Å². The minimum Gasteiger partial charge on any atom is -0.426 e. The lowest BCUT2D eigenvalue weighted by molar-refractivity contribution is -0.135. The first-order valence-electron chi connectivity index (χ1n) is 5.30. The first-order chi connectivity index (χ1) is 7.29. The molecule has 0 amide bonds. The Morgan fingerprint density at radius 1 is 1.33 bits per heavy atom. The molecule has 0 atom stereocenters. The van der Waals surface area contributed by atoms with Gasteiger partial charge in [-0.1, -0.05) is 12.1 Å². The Morgan fingerprint density at radius 3 is 2.53 bits per heavy atom. The zero-order valence-corrected chi connectivity index (χ0v) is 8.61. The number of esters is 1. The number of carbonyl (C=O) groups excluding carboxylic acids is 1. The number of ether oxygens (including phenoxy) is 1. The summed E-state index contributed by atoms with van der Waals surface area (Å²) in [7, 11) is 0. The summed E-state index contributed by atoms with van der Waals surface area (Å²) in [5.41, 5.74) is 6.61. The second kappa shape index (κ2) is 4.45. The van der Waals surface area contributed by atoms with Gasteiger partial charge < -0.3 is 10.5 Å². The van der Waals surface area contributed by atoms with Crippen molar-refractivity contribution in [1.29, 1.82) is 0 Å². The van der Waals surface area contributed by atoms with Crippen molar-refractivity contribution < 1.29 is 9.53 Å². The molecule has 2 rings (SSSR count). The van der Waals surface area contributed by atoms with Crippen molar-refractivity contribution in [3.05, 3.63) is 29.8 Å². The van der Waals surface area contributed by atoms with Crippen LogP contribution in [0.3, 0.4) is 0 Å². The van der Waals surface area contributed by atoms with E-state index >= 15 is 0 Å². The van der Waals surface area contributed by atoms with Crippen LogP contribution in [0.25, 0.3) is 0 Å². The molecular weight excluding hydrogens is 190 g/mol. The lowest BCUT2D eigenvalue weighted by atomic mass is 10.1. The zero-order valence-electron chi connectivity index (χ0n) is 8.61. The van der Waals surface area contributed by atoms with Gasteiger partial charge in [0.05, 0.1) is 5.92 Å². The number of carbonyl (C=O) groups is 1. The molecule has 0 spiro atoms. The van der Waals surface area contributed by atoms with Crippen LogP contribution < -0.4 is 10.5 Å². The molecule has 80 valence electrons. The van der Waals surface area contributed by atoms with E-state index in [2.05, 4.69) is 0 Å². The summed E-state index contributed by atoms with van der Waals surface area (Å²) in [5, 5.41) is 0. The highest BCUT2D eigenvalue weighted by Gasteiger charge is 2.31. The topological polar surface area (TPSA) is 52.3 Å². The van der Waals surface area contributed by atoms with E-state index in [9.17, 15) is 4.79 Å². The molecule has 3 nitrogen and oxygen atoms in total. The van der Waals surface area contributed by atoms with Crippen molar-refractivity contribution >= 4 is 5.97 Å². The fourth-order valence-electron chi connectivity index (χ4n) is 1.41. The van der Waals surface area contributed by atoms with Crippen LogP contribution in [0, 0.1) is 5.92 Å². The van der Waals surface area contributed by atoms with Gasteiger partial charge in [0.2, 0.25) is 0 Å². The first-order valence-corrected chi connectivity index (χ1v) is 5.30. The van der Waals surface area contributed by atoms with Gasteiger partial charge in [-0.25, -0.2) is 0 Å². The SMILES string of the molecule is NCCc1ccc(OC(=O)C2CC2)cc1. The maximum Gasteiger partial charge on any atom is 0.314 e. The summed E-state index contributed by atoms with van der Waals surface area (Å²) in [6.45, 7) is 0.640. The smallest absolute Gasteiger partial charge is 0.314 e.